The molecule has 1 heterocycles. The van der Waals surface area contributed by atoms with Crippen molar-refractivity contribution in [1.82, 2.24) is 10.2 Å². The third-order valence-corrected chi connectivity index (χ3v) is 3.19. The maximum Gasteiger partial charge on any atom is 0.315 e. The number of hydrogen-bond acceptors (Lipinski definition) is 7. The number of carbonyl (C=O) groups is 2. The monoisotopic (exact) mass is 275 g/mol. The summed E-state index contributed by atoms with van der Waals surface area (Å²) in [5.41, 5.74) is 0. The van der Waals surface area contributed by atoms with Gasteiger partial charge in [0.25, 0.3) is 0 Å². The summed E-state index contributed by atoms with van der Waals surface area (Å²) < 4.78 is 4.73. The predicted molar refractivity (Wildman–Crippen MR) is 67.2 cm³/mol. The molecular formula is C9H13N3O3S2. The summed E-state index contributed by atoms with van der Waals surface area (Å²) in [5.74, 6) is -0.138. The van der Waals surface area contributed by atoms with Gasteiger partial charge in [-0.2, -0.15) is 0 Å². The highest BCUT2D eigenvalue weighted by atomic mass is 32.2. The van der Waals surface area contributed by atoms with Gasteiger partial charge in [-0.05, 0) is 13.8 Å². The largest absolute Gasteiger partial charge is 0.465 e. The van der Waals surface area contributed by atoms with Crippen molar-refractivity contribution in [3.05, 3.63) is 5.01 Å². The molecule has 0 aliphatic carbocycles. The van der Waals surface area contributed by atoms with E-state index in [9.17, 15) is 9.59 Å². The van der Waals surface area contributed by atoms with E-state index < -0.39 is 0 Å². The fraction of sp³-hybridized carbons (Fsp3) is 0.556. The molecule has 1 aromatic rings. The number of ether oxygens (including phenoxy) is 1. The Morgan fingerprint density at radius 2 is 2.18 bits per heavy atom. The van der Waals surface area contributed by atoms with Gasteiger partial charge in [0.15, 0.2) is 0 Å². The molecule has 8 heteroatoms. The number of hydrogen-bond donors (Lipinski definition) is 1. The van der Waals surface area contributed by atoms with Crippen molar-refractivity contribution in [2.75, 3.05) is 23.4 Å². The molecule has 0 fully saturated rings. The number of aryl methyl sites for hydroxylation is 1. The first-order valence-electron chi connectivity index (χ1n) is 4.95. The molecule has 1 aromatic heterocycles. The van der Waals surface area contributed by atoms with E-state index in [0.717, 1.165) is 5.01 Å². The molecule has 0 spiro atoms. The Kier molecular flexibility index (Phi) is 5.92. The normalized spacial score (nSPS) is 10.0. The van der Waals surface area contributed by atoms with Crippen LogP contribution >= 0.6 is 23.1 Å². The van der Waals surface area contributed by atoms with Crippen molar-refractivity contribution >= 4 is 40.1 Å². The number of anilines is 1. The van der Waals surface area contributed by atoms with E-state index in [2.05, 4.69) is 15.5 Å². The van der Waals surface area contributed by atoms with Crippen LogP contribution in [0.1, 0.15) is 11.9 Å². The summed E-state index contributed by atoms with van der Waals surface area (Å²) in [6.45, 7) is 3.91. The van der Waals surface area contributed by atoms with Crippen LogP contribution in [0, 0.1) is 6.92 Å². The van der Waals surface area contributed by atoms with Crippen molar-refractivity contribution in [3.8, 4) is 0 Å². The van der Waals surface area contributed by atoms with Crippen molar-refractivity contribution in [2.45, 2.75) is 13.8 Å². The van der Waals surface area contributed by atoms with Crippen molar-refractivity contribution in [1.29, 1.82) is 0 Å². The SMILES string of the molecule is CCOC(=O)CSCC(=O)Nc1nnc(C)s1. The van der Waals surface area contributed by atoms with Crippen molar-refractivity contribution < 1.29 is 14.3 Å². The van der Waals surface area contributed by atoms with Crippen LogP contribution in [0.5, 0.6) is 0 Å². The van der Waals surface area contributed by atoms with Crippen LogP contribution in [0.25, 0.3) is 0 Å². The minimum Gasteiger partial charge on any atom is -0.465 e. The van der Waals surface area contributed by atoms with Gasteiger partial charge in [0, 0.05) is 0 Å². The second kappa shape index (κ2) is 7.23. The van der Waals surface area contributed by atoms with Gasteiger partial charge in [-0.25, -0.2) is 0 Å². The molecule has 0 saturated heterocycles. The molecule has 1 rings (SSSR count). The highest BCUT2D eigenvalue weighted by Crippen LogP contribution is 2.14. The third-order valence-electron chi connectivity index (χ3n) is 1.53. The summed E-state index contributed by atoms with van der Waals surface area (Å²) in [6, 6.07) is 0. The molecule has 0 aliphatic heterocycles. The molecule has 94 valence electrons. The third kappa shape index (κ3) is 5.64. The Hall–Kier alpha value is -1.15. The first-order valence-corrected chi connectivity index (χ1v) is 6.92. The molecule has 1 amide bonds. The average Bonchev–Trinajstić information content (AvgIpc) is 2.64. The Balaban J connectivity index is 2.19. The minimum absolute atomic E-state index is 0.177. The second-order valence-corrected chi connectivity index (χ2v) is 5.14. The Morgan fingerprint density at radius 3 is 2.76 bits per heavy atom. The van der Waals surface area contributed by atoms with Crippen LogP contribution in [0.3, 0.4) is 0 Å². The van der Waals surface area contributed by atoms with Gasteiger partial charge in [0.2, 0.25) is 11.0 Å². The van der Waals surface area contributed by atoms with E-state index in [1.807, 2.05) is 6.92 Å². The van der Waals surface area contributed by atoms with Gasteiger partial charge < -0.3 is 4.74 Å². The Bertz CT molecular complexity index is 395. The van der Waals surface area contributed by atoms with Gasteiger partial charge in [-0.3, -0.25) is 14.9 Å². The zero-order valence-electron chi connectivity index (χ0n) is 9.56. The zero-order valence-corrected chi connectivity index (χ0v) is 11.2. The van der Waals surface area contributed by atoms with Crippen LogP contribution in [0.2, 0.25) is 0 Å². The van der Waals surface area contributed by atoms with E-state index in [1.54, 1.807) is 6.92 Å². The molecule has 1 N–H and O–H groups in total. The van der Waals surface area contributed by atoms with Gasteiger partial charge in [-0.1, -0.05) is 11.3 Å². The maximum atomic E-state index is 11.4. The molecule has 0 saturated carbocycles. The van der Waals surface area contributed by atoms with Gasteiger partial charge >= 0.3 is 5.97 Å². The first kappa shape index (κ1) is 13.9. The lowest BCUT2D eigenvalue weighted by Crippen LogP contribution is -2.16. The van der Waals surface area contributed by atoms with Gasteiger partial charge in [0.1, 0.15) is 5.01 Å². The van der Waals surface area contributed by atoms with E-state index >= 15 is 0 Å². The predicted octanol–water partition coefficient (Wildman–Crippen LogP) is 1.08. The minimum atomic E-state index is -0.308. The smallest absolute Gasteiger partial charge is 0.315 e. The zero-order chi connectivity index (χ0) is 12.7. The molecule has 0 unspecified atom stereocenters. The maximum absolute atomic E-state index is 11.4. The molecule has 0 radical (unpaired) electrons. The number of rotatable bonds is 6. The lowest BCUT2D eigenvalue weighted by Gasteiger charge is -2.01. The van der Waals surface area contributed by atoms with Crippen LogP contribution < -0.4 is 5.32 Å². The first-order chi connectivity index (χ1) is 8.11. The highest BCUT2D eigenvalue weighted by Gasteiger charge is 2.08. The molecule has 0 atom stereocenters. The molecule has 0 bridgehead atoms. The second-order valence-electron chi connectivity index (χ2n) is 2.97. The van der Waals surface area contributed by atoms with E-state index in [4.69, 9.17) is 4.74 Å². The van der Waals surface area contributed by atoms with Crippen LogP contribution in [0.4, 0.5) is 5.13 Å². The van der Waals surface area contributed by atoms with E-state index in [1.165, 1.54) is 23.1 Å². The van der Waals surface area contributed by atoms with Crippen LogP contribution in [0.15, 0.2) is 0 Å². The summed E-state index contributed by atoms with van der Waals surface area (Å²) >= 11 is 2.51. The number of carbonyl (C=O) groups excluding carboxylic acids is 2. The number of nitrogens with zero attached hydrogens (tertiary/aromatic N) is 2. The molecular weight excluding hydrogens is 262 g/mol. The molecule has 6 nitrogen and oxygen atoms in total. The van der Waals surface area contributed by atoms with Gasteiger partial charge in [0.05, 0.1) is 18.1 Å². The molecule has 0 aromatic carbocycles. The Labute approximate surface area is 107 Å². The molecule has 0 aliphatic rings. The fourth-order valence-corrected chi connectivity index (χ4v) is 2.15. The van der Waals surface area contributed by atoms with E-state index in [0.29, 0.717) is 11.7 Å². The summed E-state index contributed by atoms with van der Waals surface area (Å²) in [4.78, 5) is 22.4. The lowest BCUT2D eigenvalue weighted by molar-refractivity contribution is -0.139. The number of amides is 1. The average molecular weight is 275 g/mol. The van der Waals surface area contributed by atoms with Gasteiger partial charge in [-0.15, -0.1) is 22.0 Å². The van der Waals surface area contributed by atoms with Crippen LogP contribution in [-0.4, -0.2) is 40.2 Å². The number of nitrogens with one attached hydrogen (secondary N) is 1. The fourth-order valence-electron chi connectivity index (χ4n) is 0.932. The lowest BCUT2D eigenvalue weighted by atomic mass is 10.7. The van der Waals surface area contributed by atoms with Crippen molar-refractivity contribution in [3.63, 3.8) is 0 Å². The number of aromatic nitrogens is 2. The standard InChI is InChI=1S/C9H13N3O3S2/c1-3-15-8(14)5-16-4-7(13)10-9-12-11-6(2)17-9/h3-5H2,1-2H3,(H,10,12,13). The summed E-state index contributed by atoms with van der Waals surface area (Å²) in [7, 11) is 0. The summed E-state index contributed by atoms with van der Waals surface area (Å²) in [6.07, 6.45) is 0. The van der Waals surface area contributed by atoms with Crippen molar-refractivity contribution in [2.24, 2.45) is 0 Å². The van der Waals surface area contributed by atoms with Crippen LogP contribution in [-0.2, 0) is 14.3 Å². The van der Waals surface area contributed by atoms with E-state index in [-0.39, 0.29) is 23.4 Å². The highest BCUT2D eigenvalue weighted by molar-refractivity contribution is 8.00. The summed E-state index contributed by atoms with van der Waals surface area (Å²) in [5, 5.41) is 11.4. The number of thioether (sulfide) groups is 1. The quantitative estimate of drug-likeness (QED) is 0.782. The topological polar surface area (TPSA) is 81.2 Å². The Morgan fingerprint density at radius 1 is 1.41 bits per heavy atom. The molecule has 17 heavy (non-hydrogen) atoms. The number of esters is 1.